The summed E-state index contributed by atoms with van der Waals surface area (Å²) in [7, 11) is 0. The fourth-order valence-electron chi connectivity index (χ4n) is 1.66. The minimum Gasteiger partial charge on any atom is -0.456 e. The van der Waals surface area contributed by atoms with Gasteiger partial charge < -0.3 is 10.5 Å². The van der Waals surface area contributed by atoms with Gasteiger partial charge in [0, 0.05) is 5.69 Å². The first-order valence-corrected chi connectivity index (χ1v) is 6.48. The molecule has 0 saturated heterocycles. The summed E-state index contributed by atoms with van der Waals surface area (Å²) < 4.78 is 44.5. The number of nitrogen functional groups attached to an aromatic ring is 1. The minimum atomic E-state index is -4.47. The third kappa shape index (κ3) is 3.07. The Hall–Kier alpha value is -1.69. The number of rotatable bonds is 2. The second-order valence-electron chi connectivity index (χ2n) is 4.24. The summed E-state index contributed by atoms with van der Waals surface area (Å²) in [4.78, 5) is 0. The van der Waals surface area contributed by atoms with Crippen LogP contribution in [0.3, 0.4) is 0 Å². The summed E-state index contributed by atoms with van der Waals surface area (Å²) in [5.41, 5.74) is 6.16. The quantitative estimate of drug-likeness (QED) is 0.763. The molecule has 0 atom stereocenters. The van der Waals surface area contributed by atoms with E-state index in [4.69, 9.17) is 10.5 Å². The van der Waals surface area contributed by atoms with Crippen LogP contribution in [-0.2, 0) is 6.18 Å². The van der Waals surface area contributed by atoms with Crippen LogP contribution in [0.2, 0.25) is 0 Å². The molecule has 0 bridgehead atoms. The van der Waals surface area contributed by atoms with Crippen molar-refractivity contribution < 1.29 is 17.9 Å². The van der Waals surface area contributed by atoms with E-state index < -0.39 is 11.7 Å². The number of aryl methyl sites for hydroxylation is 1. The lowest BCUT2D eigenvalue weighted by atomic mass is 10.2. The Kier molecular flexibility index (Phi) is 3.94. The Morgan fingerprint density at radius 3 is 2.40 bits per heavy atom. The lowest BCUT2D eigenvalue weighted by Crippen LogP contribution is -2.07. The fourth-order valence-corrected chi connectivity index (χ4v) is 2.10. The lowest BCUT2D eigenvalue weighted by Gasteiger charge is -2.15. The molecule has 0 aliphatic carbocycles. The number of benzene rings is 2. The molecule has 0 fully saturated rings. The second kappa shape index (κ2) is 5.36. The Morgan fingerprint density at radius 2 is 1.75 bits per heavy atom. The van der Waals surface area contributed by atoms with Crippen LogP contribution >= 0.6 is 15.9 Å². The first-order valence-electron chi connectivity index (χ1n) is 5.68. The molecule has 2 rings (SSSR count). The van der Waals surface area contributed by atoms with E-state index in [1.165, 1.54) is 18.2 Å². The van der Waals surface area contributed by atoms with E-state index in [0.717, 1.165) is 11.6 Å². The predicted molar refractivity (Wildman–Crippen MR) is 74.8 cm³/mol. The van der Waals surface area contributed by atoms with Crippen molar-refractivity contribution in [3.8, 4) is 11.5 Å². The molecule has 0 radical (unpaired) electrons. The highest BCUT2D eigenvalue weighted by Crippen LogP contribution is 2.40. The van der Waals surface area contributed by atoms with Crippen LogP contribution < -0.4 is 10.5 Å². The molecule has 2 nitrogen and oxygen atoms in total. The van der Waals surface area contributed by atoms with Gasteiger partial charge in [0.15, 0.2) is 0 Å². The van der Waals surface area contributed by atoms with E-state index in [-0.39, 0.29) is 11.5 Å². The zero-order chi connectivity index (χ0) is 14.9. The molecule has 0 aliphatic rings. The van der Waals surface area contributed by atoms with Crippen LogP contribution in [0, 0.1) is 6.92 Å². The number of hydrogen-bond donors (Lipinski definition) is 1. The molecule has 2 N–H and O–H groups in total. The molecule has 0 unspecified atom stereocenters. The van der Waals surface area contributed by atoms with Gasteiger partial charge in [-0.3, -0.25) is 0 Å². The molecule has 2 aromatic rings. The third-order valence-corrected chi connectivity index (χ3v) is 3.35. The molecule has 0 saturated carbocycles. The maximum Gasteiger partial charge on any atom is 0.419 e. The molecule has 0 spiro atoms. The van der Waals surface area contributed by atoms with Gasteiger partial charge in [0.2, 0.25) is 0 Å². The summed E-state index contributed by atoms with van der Waals surface area (Å²) in [6.45, 7) is 1.75. The van der Waals surface area contributed by atoms with Crippen LogP contribution in [0.15, 0.2) is 40.9 Å². The maximum atomic E-state index is 12.9. The summed E-state index contributed by atoms with van der Waals surface area (Å²) in [5, 5.41) is 0. The van der Waals surface area contributed by atoms with Gasteiger partial charge in [-0.2, -0.15) is 13.2 Å². The van der Waals surface area contributed by atoms with Crippen molar-refractivity contribution >= 4 is 21.6 Å². The third-order valence-electron chi connectivity index (χ3n) is 2.73. The molecule has 2 aromatic carbocycles. The molecular formula is C14H11BrF3NO. The number of halogens is 4. The van der Waals surface area contributed by atoms with Crippen LogP contribution in [0.25, 0.3) is 0 Å². The monoisotopic (exact) mass is 345 g/mol. The fraction of sp³-hybridized carbons (Fsp3) is 0.143. The van der Waals surface area contributed by atoms with Crippen molar-refractivity contribution in [2.24, 2.45) is 0 Å². The van der Waals surface area contributed by atoms with Crippen molar-refractivity contribution in [1.82, 2.24) is 0 Å². The largest absolute Gasteiger partial charge is 0.456 e. The van der Waals surface area contributed by atoms with Gasteiger partial charge >= 0.3 is 6.18 Å². The summed E-state index contributed by atoms with van der Waals surface area (Å²) in [6, 6.07) is 8.25. The van der Waals surface area contributed by atoms with Crippen molar-refractivity contribution in [3.63, 3.8) is 0 Å². The van der Waals surface area contributed by atoms with Crippen molar-refractivity contribution in [2.75, 3.05) is 5.73 Å². The number of alkyl halides is 3. The highest BCUT2D eigenvalue weighted by Gasteiger charge is 2.34. The molecule has 0 heterocycles. The standard InChI is InChI=1S/C14H11BrF3NO/c1-8-6-13(10(15)7-11(8)19)20-12-5-3-2-4-9(12)14(16,17)18/h2-7H,19H2,1H3. The van der Waals surface area contributed by atoms with Crippen LogP contribution in [0.1, 0.15) is 11.1 Å². The van der Waals surface area contributed by atoms with E-state index >= 15 is 0 Å². The number of anilines is 1. The summed E-state index contributed by atoms with van der Waals surface area (Å²) in [6.07, 6.45) is -4.47. The van der Waals surface area contributed by atoms with E-state index in [1.807, 2.05) is 0 Å². The topological polar surface area (TPSA) is 35.2 Å². The second-order valence-corrected chi connectivity index (χ2v) is 5.09. The summed E-state index contributed by atoms with van der Waals surface area (Å²) >= 11 is 3.23. The van der Waals surface area contributed by atoms with Crippen molar-refractivity contribution in [3.05, 3.63) is 52.0 Å². The molecule has 0 aliphatic heterocycles. The van der Waals surface area contributed by atoms with Crippen molar-refractivity contribution in [1.29, 1.82) is 0 Å². The number of para-hydroxylation sites is 1. The van der Waals surface area contributed by atoms with Gasteiger partial charge in [0.1, 0.15) is 11.5 Å². The molecule has 6 heteroatoms. The van der Waals surface area contributed by atoms with Gasteiger partial charge in [-0.15, -0.1) is 0 Å². The molecular weight excluding hydrogens is 335 g/mol. The smallest absolute Gasteiger partial charge is 0.419 e. The first-order chi connectivity index (χ1) is 9.29. The van der Waals surface area contributed by atoms with E-state index in [2.05, 4.69) is 15.9 Å². The Balaban J connectivity index is 2.43. The molecule has 20 heavy (non-hydrogen) atoms. The minimum absolute atomic E-state index is 0.245. The van der Waals surface area contributed by atoms with E-state index in [1.54, 1.807) is 19.1 Å². The SMILES string of the molecule is Cc1cc(Oc2ccccc2C(F)(F)F)c(Br)cc1N. The zero-order valence-corrected chi connectivity index (χ0v) is 12.0. The highest BCUT2D eigenvalue weighted by atomic mass is 79.9. The average molecular weight is 346 g/mol. The lowest BCUT2D eigenvalue weighted by molar-refractivity contribution is -0.138. The predicted octanol–water partition coefficient (Wildman–Crippen LogP) is 5.15. The maximum absolute atomic E-state index is 12.9. The summed E-state index contributed by atoms with van der Waals surface area (Å²) in [5.74, 6) is 0.0401. The van der Waals surface area contributed by atoms with Gasteiger partial charge in [0.05, 0.1) is 10.0 Å². The highest BCUT2D eigenvalue weighted by molar-refractivity contribution is 9.10. The van der Waals surface area contributed by atoms with Gasteiger partial charge in [0.25, 0.3) is 0 Å². The normalized spacial score (nSPS) is 11.4. The van der Waals surface area contributed by atoms with E-state index in [9.17, 15) is 13.2 Å². The average Bonchev–Trinajstić information content (AvgIpc) is 2.35. The zero-order valence-electron chi connectivity index (χ0n) is 10.5. The van der Waals surface area contributed by atoms with Crippen LogP contribution in [0.5, 0.6) is 11.5 Å². The Morgan fingerprint density at radius 1 is 1.10 bits per heavy atom. The molecule has 106 valence electrons. The van der Waals surface area contributed by atoms with Gasteiger partial charge in [-0.1, -0.05) is 12.1 Å². The number of nitrogens with two attached hydrogens (primary N) is 1. The van der Waals surface area contributed by atoms with Crippen molar-refractivity contribution in [2.45, 2.75) is 13.1 Å². The number of ether oxygens (including phenoxy) is 1. The van der Waals surface area contributed by atoms with Crippen LogP contribution in [-0.4, -0.2) is 0 Å². The molecule has 0 aromatic heterocycles. The molecule has 0 amide bonds. The van der Waals surface area contributed by atoms with Gasteiger partial charge in [-0.25, -0.2) is 0 Å². The first kappa shape index (κ1) is 14.7. The van der Waals surface area contributed by atoms with E-state index in [0.29, 0.717) is 10.2 Å². The van der Waals surface area contributed by atoms with Gasteiger partial charge in [-0.05, 0) is 52.7 Å². The Labute approximate surface area is 122 Å². The number of hydrogen-bond acceptors (Lipinski definition) is 2. The van der Waals surface area contributed by atoms with Crippen LogP contribution in [0.4, 0.5) is 18.9 Å². The Bertz CT molecular complexity index is 641.